The fraction of sp³-hybridized carbons (Fsp3) is 0.133. The predicted octanol–water partition coefficient (Wildman–Crippen LogP) is 1.72. The monoisotopic (exact) mass is 269 g/mol. The number of carbonyl (C=O) groups excluding carboxylic acids is 3. The maximum Gasteiger partial charge on any atom is 0.406 e. The first-order valence-corrected chi connectivity index (χ1v) is 6.02. The van der Waals surface area contributed by atoms with Gasteiger partial charge < -0.3 is 4.74 Å². The number of fused-ring (bicyclic) bond motifs is 3. The van der Waals surface area contributed by atoms with E-state index in [9.17, 15) is 14.4 Å². The molecule has 99 valence electrons. The zero-order valence-corrected chi connectivity index (χ0v) is 11.0. The summed E-state index contributed by atoms with van der Waals surface area (Å²) < 4.78 is 5.22. The average molecular weight is 269 g/mol. The molecule has 0 aliphatic carbocycles. The Labute approximate surface area is 114 Å². The summed E-state index contributed by atoms with van der Waals surface area (Å²) in [5, 5.41) is 1.20. The molecule has 0 unspecified atom stereocenters. The first kappa shape index (κ1) is 12.5. The Balaban J connectivity index is 2.58. The van der Waals surface area contributed by atoms with Crippen molar-refractivity contribution in [1.29, 1.82) is 0 Å². The van der Waals surface area contributed by atoms with E-state index in [1.807, 2.05) is 0 Å². The summed E-state index contributed by atoms with van der Waals surface area (Å²) in [6.45, 7) is 0. The summed E-state index contributed by atoms with van der Waals surface area (Å²) in [5.74, 6) is -0.663. The van der Waals surface area contributed by atoms with Crippen LogP contribution in [0.2, 0.25) is 0 Å². The van der Waals surface area contributed by atoms with Crippen molar-refractivity contribution in [2.24, 2.45) is 0 Å². The molecule has 0 atom stereocenters. The van der Waals surface area contributed by atoms with Gasteiger partial charge in [0.1, 0.15) is 23.9 Å². The van der Waals surface area contributed by atoms with Crippen LogP contribution in [0.25, 0.3) is 10.8 Å². The van der Waals surface area contributed by atoms with Gasteiger partial charge in [0.15, 0.2) is 6.29 Å². The Morgan fingerprint density at radius 3 is 2.25 bits per heavy atom. The van der Waals surface area contributed by atoms with Crippen LogP contribution in [0.15, 0.2) is 24.3 Å². The second-order valence-electron chi connectivity index (χ2n) is 4.53. The number of hydrogen-bond donors (Lipinski definition) is 0. The third-order valence-corrected chi connectivity index (χ3v) is 3.57. The Hall–Kier alpha value is -2.53. The van der Waals surface area contributed by atoms with Crippen molar-refractivity contribution in [3.63, 3.8) is 0 Å². The molecule has 1 aliphatic heterocycles. The SMILES string of the molecule is COc1c2c(c3ccccc3c1C=O)C(=O)[N+](C)C2=O. The second-order valence-corrected chi connectivity index (χ2v) is 4.53. The third kappa shape index (κ3) is 1.38. The minimum absolute atomic E-state index is 0.163. The van der Waals surface area contributed by atoms with Crippen molar-refractivity contribution >= 4 is 28.9 Å². The van der Waals surface area contributed by atoms with Crippen LogP contribution in [0.5, 0.6) is 5.75 Å². The molecule has 2 aromatic rings. The van der Waals surface area contributed by atoms with Gasteiger partial charge in [-0.1, -0.05) is 24.3 Å². The predicted molar refractivity (Wildman–Crippen MR) is 72.6 cm³/mol. The van der Waals surface area contributed by atoms with Gasteiger partial charge >= 0.3 is 11.8 Å². The number of carbonyl (C=O) groups is 3. The van der Waals surface area contributed by atoms with Gasteiger partial charge in [0.05, 0.1) is 12.7 Å². The van der Waals surface area contributed by atoms with Crippen molar-refractivity contribution in [2.45, 2.75) is 0 Å². The number of rotatable bonds is 2. The molecule has 3 rings (SSSR count). The maximum absolute atomic E-state index is 12.2. The molecular formula is C15H11NO4+. The molecule has 2 amide bonds. The largest absolute Gasteiger partial charge is 0.495 e. The number of imide groups is 1. The van der Waals surface area contributed by atoms with Crippen molar-refractivity contribution in [1.82, 2.24) is 4.90 Å². The van der Waals surface area contributed by atoms with Crippen LogP contribution in [0, 0.1) is 0 Å². The zero-order chi connectivity index (χ0) is 14.4. The van der Waals surface area contributed by atoms with E-state index in [-0.39, 0.29) is 17.2 Å². The van der Waals surface area contributed by atoms with Gasteiger partial charge in [0, 0.05) is 5.39 Å². The van der Waals surface area contributed by atoms with E-state index in [0.717, 1.165) is 4.90 Å². The summed E-state index contributed by atoms with van der Waals surface area (Å²) in [6, 6.07) is 6.99. The summed E-state index contributed by atoms with van der Waals surface area (Å²) in [6.07, 6.45) is 0.650. The van der Waals surface area contributed by atoms with Crippen molar-refractivity contribution < 1.29 is 19.1 Å². The topological polar surface area (TPSA) is 66.3 Å². The average Bonchev–Trinajstić information content (AvgIpc) is 2.71. The van der Waals surface area contributed by atoms with Gasteiger partial charge in [0.2, 0.25) is 0 Å². The normalized spacial score (nSPS) is 14.7. The van der Waals surface area contributed by atoms with E-state index >= 15 is 0 Å². The Bertz CT molecular complexity index is 779. The summed E-state index contributed by atoms with van der Waals surface area (Å²) in [4.78, 5) is 36.9. The molecule has 0 N–H and O–H groups in total. The van der Waals surface area contributed by atoms with Gasteiger partial charge in [-0.15, -0.1) is 0 Å². The molecule has 0 saturated heterocycles. The summed E-state index contributed by atoms with van der Waals surface area (Å²) in [7, 11) is 2.80. The molecule has 0 aromatic heterocycles. The van der Waals surface area contributed by atoms with Crippen molar-refractivity contribution in [2.75, 3.05) is 14.2 Å². The van der Waals surface area contributed by atoms with Crippen molar-refractivity contribution in [3.05, 3.63) is 41.0 Å². The van der Waals surface area contributed by atoms with Crippen LogP contribution in [0.1, 0.15) is 31.1 Å². The van der Waals surface area contributed by atoms with E-state index in [0.29, 0.717) is 28.2 Å². The number of nitrogens with zero attached hydrogens (tertiary/aromatic N) is 1. The molecule has 20 heavy (non-hydrogen) atoms. The highest BCUT2D eigenvalue weighted by Crippen LogP contribution is 2.38. The van der Waals surface area contributed by atoms with Gasteiger partial charge in [-0.3, -0.25) is 4.79 Å². The fourth-order valence-corrected chi connectivity index (χ4v) is 2.62. The van der Waals surface area contributed by atoms with Crippen LogP contribution < -0.4 is 9.64 Å². The zero-order valence-electron chi connectivity index (χ0n) is 11.0. The number of methoxy groups -OCH3 is 1. The first-order valence-electron chi connectivity index (χ1n) is 6.02. The van der Waals surface area contributed by atoms with Gasteiger partial charge in [-0.2, -0.15) is 0 Å². The van der Waals surface area contributed by atoms with Gasteiger partial charge in [-0.25, -0.2) is 9.59 Å². The maximum atomic E-state index is 12.2. The standard InChI is InChI=1S/C15H11NO4/c1-16-14(18)11-9-6-4-3-5-8(9)10(7-17)13(20-2)12(11)15(16)19/h3-7H,1-2H3/q+1. The Kier molecular flexibility index (Phi) is 2.65. The lowest BCUT2D eigenvalue weighted by atomic mass is 9.95. The molecule has 5 heteroatoms. The quantitative estimate of drug-likeness (QED) is 0.473. The summed E-state index contributed by atoms with van der Waals surface area (Å²) >= 11 is 0. The van der Waals surface area contributed by atoms with Crippen LogP contribution in [0.4, 0.5) is 0 Å². The number of ether oxygens (including phenoxy) is 1. The smallest absolute Gasteiger partial charge is 0.406 e. The van der Waals surface area contributed by atoms with Gasteiger partial charge in [0.25, 0.3) is 0 Å². The Morgan fingerprint density at radius 2 is 1.65 bits per heavy atom. The minimum Gasteiger partial charge on any atom is -0.495 e. The highest BCUT2D eigenvalue weighted by Gasteiger charge is 2.48. The lowest BCUT2D eigenvalue weighted by Gasteiger charge is -2.10. The molecule has 1 aliphatic rings. The van der Waals surface area contributed by atoms with E-state index in [1.165, 1.54) is 14.2 Å². The molecule has 5 nitrogen and oxygen atoms in total. The number of benzene rings is 2. The van der Waals surface area contributed by atoms with Crippen LogP contribution >= 0.6 is 0 Å². The van der Waals surface area contributed by atoms with Crippen molar-refractivity contribution in [3.8, 4) is 5.75 Å². The van der Waals surface area contributed by atoms with E-state index in [4.69, 9.17) is 4.74 Å². The lowest BCUT2D eigenvalue weighted by molar-refractivity contribution is 0.0793. The van der Waals surface area contributed by atoms with Gasteiger partial charge in [-0.05, 0) is 10.3 Å². The molecule has 1 radical (unpaired) electrons. The molecule has 2 aromatic carbocycles. The molecule has 0 saturated carbocycles. The lowest BCUT2D eigenvalue weighted by Crippen LogP contribution is -2.31. The van der Waals surface area contributed by atoms with E-state index in [1.54, 1.807) is 24.3 Å². The minimum atomic E-state index is -0.448. The van der Waals surface area contributed by atoms with Crippen LogP contribution in [0.3, 0.4) is 0 Å². The second kappa shape index (κ2) is 4.25. The molecule has 0 bridgehead atoms. The summed E-state index contributed by atoms with van der Waals surface area (Å²) in [5.41, 5.74) is 0.759. The molecule has 0 fully saturated rings. The molecule has 0 spiro atoms. The fourth-order valence-electron chi connectivity index (χ4n) is 2.62. The first-order chi connectivity index (χ1) is 9.61. The number of hydrogen-bond acceptors (Lipinski definition) is 4. The number of amides is 2. The molecule has 1 heterocycles. The number of aldehydes is 1. The highest BCUT2D eigenvalue weighted by atomic mass is 16.5. The van der Waals surface area contributed by atoms with E-state index < -0.39 is 5.91 Å². The van der Waals surface area contributed by atoms with E-state index in [2.05, 4.69) is 0 Å². The third-order valence-electron chi connectivity index (χ3n) is 3.57. The van der Waals surface area contributed by atoms with Crippen LogP contribution in [-0.2, 0) is 0 Å². The highest BCUT2D eigenvalue weighted by molar-refractivity contribution is 6.31. The molecular weight excluding hydrogens is 258 g/mol. The van der Waals surface area contributed by atoms with Crippen LogP contribution in [-0.4, -0.2) is 32.3 Å². The Morgan fingerprint density at radius 1 is 1.05 bits per heavy atom.